The standard InChI is InChI=1S/C36H24NO2P/c38-40(28-13-2-1-3-14-28)35-20-9-8-19-33(35)39-34-24-26(21-22-36(34)40)25-11-10-12-27(23-25)37-31-17-6-4-15-29(31)30-16-5-7-18-32(30)37/h1-24H. The predicted molar refractivity (Wildman–Crippen MR) is 166 cm³/mol. The number of ether oxygens (including phenoxy) is 1. The number of benzene rings is 6. The normalized spacial score (nSPS) is 15.9. The van der Waals surface area contributed by atoms with Gasteiger partial charge in [0, 0.05) is 21.8 Å². The van der Waals surface area contributed by atoms with E-state index in [1.165, 1.54) is 21.8 Å². The van der Waals surface area contributed by atoms with Crippen LogP contribution in [0.15, 0.2) is 146 Å². The first-order chi connectivity index (χ1) is 19.7. The van der Waals surface area contributed by atoms with Crippen LogP contribution >= 0.6 is 7.14 Å². The zero-order valence-electron chi connectivity index (χ0n) is 21.6. The fourth-order valence-electron chi connectivity index (χ4n) is 6.03. The Balaban J connectivity index is 1.29. The van der Waals surface area contributed by atoms with Crippen molar-refractivity contribution in [2.75, 3.05) is 0 Å². The Morgan fingerprint density at radius 3 is 1.90 bits per heavy atom. The molecule has 1 aliphatic heterocycles. The van der Waals surface area contributed by atoms with Gasteiger partial charge in [-0.25, -0.2) is 0 Å². The Morgan fingerprint density at radius 2 is 1.12 bits per heavy atom. The molecule has 190 valence electrons. The topological polar surface area (TPSA) is 31.2 Å². The van der Waals surface area contributed by atoms with Gasteiger partial charge in [-0.05, 0) is 59.7 Å². The molecule has 0 saturated carbocycles. The number of fused-ring (bicyclic) bond motifs is 5. The summed E-state index contributed by atoms with van der Waals surface area (Å²) in [6.07, 6.45) is 0. The van der Waals surface area contributed by atoms with Crippen LogP contribution in [0.1, 0.15) is 0 Å². The van der Waals surface area contributed by atoms with Crippen LogP contribution in [0.25, 0.3) is 38.6 Å². The van der Waals surface area contributed by atoms with Crippen LogP contribution in [-0.2, 0) is 4.57 Å². The molecule has 1 atom stereocenters. The summed E-state index contributed by atoms with van der Waals surface area (Å²) in [4.78, 5) is 0. The minimum Gasteiger partial charge on any atom is -0.456 e. The summed E-state index contributed by atoms with van der Waals surface area (Å²) in [5.41, 5.74) is 5.53. The van der Waals surface area contributed by atoms with E-state index in [2.05, 4.69) is 83.4 Å². The van der Waals surface area contributed by atoms with Crippen molar-refractivity contribution in [1.29, 1.82) is 0 Å². The summed E-state index contributed by atoms with van der Waals surface area (Å²) in [5, 5.41) is 4.77. The molecule has 1 aliphatic rings. The molecule has 7 aromatic rings. The van der Waals surface area contributed by atoms with E-state index in [0.717, 1.165) is 32.7 Å². The van der Waals surface area contributed by atoms with E-state index in [-0.39, 0.29) is 0 Å². The molecule has 0 aliphatic carbocycles. The first-order valence-electron chi connectivity index (χ1n) is 13.4. The Hall–Kier alpha value is -4.85. The summed E-state index contributed by atoms with van der Waals surface area (Å²) in [6, 6.07) is 49.2. The summed E-state index contributed by atoms with van der Waals surface area (Å²) in [5.74, 6) is 1.30. The maximum atomic E-state index is 14.9. The van der Waals surface area contributed by atoms with Crippen molar-refractivity contribution in [2.24, 2.45) is 0 Å². The van der Waals surface area contributed by atoms with Crippen LogP contribution in [-0.4, -0.2) is 4.57 Å². The number of rotatable bonds is 3. The second-order valence-electron chi connectivity index (χ2n) is 10.1. The maximum absolute atomic E-state index is 14.9. The van der Waals surface area contributed by atoms with Crippen molar-refractivity contribution < 1.29 is 9.30 Å². The fraction of sp³-hybridized carbons (Fsp3) is 0. The number of aromatic nitrogens is 1. The highest BCUT2D eigenvalue weighted by Gasteiger charge is 2.38. The molecule has 1 unspecified atom stereocenters. The lowest BCUT2D eigenvalue weighted by Crippen LogP contribution is -2.30. The molecule has 0 N–H and O–H groups in total. The van der Waals surface area contributed by atoms with Crippen molar-refractivity contribution in [3.63, 3.8) is 0 Å². The fourth-order valence-corrected chi connectivity index (χ4v) is 8.87. The molecule has 0 saturated heterocycles. The molecular weight excluding hydrogens is 509 g/mol. The summed E-state index contributed by atoms with van der Waals surface area (Å²) in [7, 11) is -3.09. The lowest BCUT2D eigenvalue weighted by molar-refractivity contribution is 0.485. The second kappa shape index (κ2) is 8.84. The monoisotopic (exact) mass is 533 g/mol. The van der Waals surface area contributed by atoms with Crippen LogP contribution in [0.3, 0.4) is 0 Å². The van der Waals surface area contributed by atoms with Gasteiger partial charge in [0.15, 0.2) is 7.14 Å². The third-order valence-corrected chi connectivity index (χ3v) is 11.0. The minimum atomic E-state index is -3.09. The molecule has 4 heteroatoms. The van der Waals surface area contributed by atoms with E-state index in [9.17, 15) is 4.57 Å². The number of para-hydroxylation sites is 3. The van der Waals surface area contributed by atoms with Gasteiger partial charge in [0.1, 0.15) is 11.5 Å². The second-order valence-corrected chi connectivity index (χ2v) is 12.8. The van der Waals surface area contributed by atoms with E-state index in [1.54, 1.807) is 0 Å². The Labute approximate surface area is 232 Å². The molecule has 6 aromatic carbocycles. The van der Waals surface area contributed by atoms with Crippen molar-refractivity contribution in [1.82, 2.24) is 4.57 Å². The van der Waals surface area contributed by atoms with Gasteiger partial charge in [0.05, 0.1) is 21.6 Å². The summed E-state index contributed by atoms with van der Waals surface area (Å²) < 4.78 is 23.6. The number of nitrogens with zero attached hydrogens (tertiary/aromatic N) is 1. The van der Waals surface area contributed by atoms with Crippen LogP contribution in [0, 0.1) is 0 Å². The zero-order chi connectivity index (χ0) is 26.7. The Kier molecular flexibility index (Phi) is 5.10. The molecule has 1 aromatic heterocycles. The zero-order valence-corrected chi connectivity index (χ0v) is 22.5. The molecule has 2 heterocycles. The molecule has 40 heavy (non-hydrogen) atoms. The highest BCUT2D eigenvalue weighted by atomic mass is 31.2. The summed E-state index contributed by atoms with van der Waals surface area (Å²) in [6.45, 7) is 0. The SMILES string of the molecule is O=P1(c2ccccc2)c2ccccc2Oc2cc(-c3cccc(-n4c5ccccc5c5ccccc54)c3)ccc21. The van der Waals surface area contributed by atoms with Crippen molar-refractivity contribution in [3.8, 4) is 28.3 Å². The van der Waals surface area contributed by atoms with Gasteiger partial charge in [0.2, 0.25) is 0 Å². The van der Waals surface area contributed by atoms with Gasteiger partial charge in [-0.1, -0.05) is 97.1 Å². The molecule has 0 amide bonds. The minimum absolute atomic E-state index is 0.644. The molecule has 0 radical (unpaired) electrons. The third kappa shape index (κ3) is 3.35. The highest BCUT2D eigenvalue weighted by Crippen LogP contribution is 2.52. The van der Waals surface area contributed by atoms with Gasteiger partial charge in [0.25, 0.3) is 0 Å². The van der Waals surface area contributed by atoms with E-state index < -0.39 is 7.14 Å². The molecule has 0 bridgehead atoms. The third-order valence-electron chi connectivity index (χ3n) is 7.86. The number of hydrogen-bond acceptors (Lipinski definition) is 2. The van der Waals surface area contributed by atoms with E-state index >= 15 is 0 Å². The molecule has 3 nitrogen and oxygen atoms in total. The van der Waals surface area contributed by atoms with Crippen molar-refractivity contribution in [2.45, 2.75) is 0 Å². The predicted octanol–water partition coefficient (Wildman–Crippen LogP) is 8.20. The molecule has 0 fully saturated rings. The average Bonchev–Trinajstić information content (AvgIpc) is 3.36. The first kappa shape index (κ1) is 23.1. The number of hydrogen-bond donors (Lipinski definition) is 0. The van der Waals surface area contributed by atoms with Gasteiger partial charge in [-0.2, -0.15) is 0 Å². The van der Waals surface area contributed by atoms with E-state index in [4.69, 9.17) is 4.74 Å². The van der Waals surface area contributed by atoms with Crippen LogP contribution in [0.2, 0.25) is 0 Å². The van der Waals surface area contributed by atoms with Crippen LogP contribution < -0.4 is 20.7 Å². The lowest BCUT2D eigenvalue weighted by Gasteiger charge is -2.29. The van der Waals surface area contributed by atoms with Gasteiger partial charge in [-0.3, -0.25) is 0 Å². The van der Waals surface area contributed by atoms with Crippen LogP contribution in [0.5, 0.6) is 11.5 Å². The van der Waals surface area contributed by atoms with Gasteiger partial charge < -0.3 is 13.9 Å². The average molecular weight is 534 g/mol. The molecule has 0 spiro atoms. The summed E-state index contributed by atoms with van der Waals surface area (Å²) >= 11 is 0. The van der Waals surface area contributed by atoms with Gasteiger partial charge in [-0.15, -0.1) is 0 Å². The quantitative estimate of drug-likeness (QED) is 0.214. The molecular formula is C36H24NO2P. The van der Waals surface area contributed by atoms with Gasteiger partial charge >= 0.3 is 0 Å². The smallest absolute Gasteiger partial charge is 0.178 e. The highest BCUT2D eigenvalue weighted by molar-refractivity contribution is 7.85. The lowest BCUT2D eigenvalue weighted by atomic mass is 10.0. The van der Waals surface area contributed by atoms with Crippen LogP contribution in [0.4, 0.5) is 0 Å². The Bertz CT molecular complexity index is 2070. The Morgan fingerprint density at radius 1 is 0.500 bits per heavy atom. The molecule has 8 rings (SSSR count). The van der Waals surface area contributed by atoms with E-state index in [1.807, 2.05) is 66.7 Å². The van der Waals surface area contributed by atoms with Crippen molar-refractivity contribution >= 4 is 44.9 Å². The first-order valence-corrected chi connectivity index (χ1v) is 15.1. The maximum Gasteiger partial charge on any atom is 0.178 e. The largest absolute Gasteiger partial charge is 0.456 e. The van der Waals surface area contributed by atoms with Crippen molar-refractivity contribution in [3.05, 3.63) is 146 Å². The van der Waals surface area contributed by atoms with E-state index in [0.29, 0.717) is 11.5 Å².